The molecule has 1 fully saturated rings. The Morgan fingerprint density at radius 3 is 1.79 bits per heavy atom. The van der Waals surface area contributed by atoms with Gasteiger partial charge in [0.25, 0.3) is 5.79 Å². The summed E-state index contributed by atoms with van der Waals surface area (Å²) in [5.74, 6) is -3.00. The molecule has 1 rings (SSSR count). The fourth-order valence-electron chi connectivity index (χ4n) is 0.984. The molecule has 0 aromatic carbocycles. The maximum atomic E-state index is 11.3. The standard InChI is InChI=1S/C10H16O4/c1-6-7(11)13-10(5,9(2,3)4)14-8(6)12/h6H,1-5H3. The average molecular weight is 200 g/mol. The van der Waals surface area contributed by atoms with E-state index in [4.69, 9.17) is 9.47 Å². The van der Waals surface area contributed by atoms with Gasteiger partial charge >= 0.3 is 11.9 Å². The summed E-state index contributed by atoms with van der Waals surface area (Å²) in [6, 6.07) is 0. The Balaban J connectivity index is 2.96. The highest BCUT2D eigenvalue weighted by molar-refractivity contribution is 5.96. The van der Waals surface area contributed by atoms with E-state index in [1.165, 1.54) is 6.92 Å². The zero-order valence-corrected chi connectivity index (χ0v) is 9.21. The number of rotatable bonds is 0. The third-order valence-corrected chi connectivity index (χ3v) is 2.66. The quantitative estimate of drug-likeness (QED) is 0.439. The fourth-order valence-corrected chi connectivity index (χ4v) is 0.984. The third kappa shape index (κ3) is 1.61. The molecule has 80 valence electrons. The molecule has 0 amide bonds. The second-order valence-electron chi connectivity index (χ2n) is 4.76. The van der Waals surface area contributed by atoms with Gasteiger partial charge in [0.15, 0.2) is 5.92 Å². The SMILES string of the molecule is CC1C(=O)OC(C)(C(C)(C)C)OC1=O. The van der Waals surface area contributed by atoms with Crippen molar-refractivity contribution in [3.05, 3.63) is 0 Å². The Bertz CT molecular complexity index is 256. The number of hydrogen-bond donors (Lipinski definition) is 0. The highest BCUT2D eigenvalue weighted by Gasteiger charge is 2.51. The zero-order chi connectivity index (χ0) is 11.1. The van der Waals surface area contributed by atoms with E-state index in [1.54, 1.807) is 6.92 Å². The van der Waals surface area contributed by atoms with Crippen molar-refractivity contribution in [1.82, 2.24) is 0 Å². The van der Waals surface area contributed by atoms with Crippen LogP contribution in [0.1, 0.15) is 34.6 Å². The predicted octanol–water partition coefficient (Wildman–Crippen LogP) is 1.48. The lowest BCUT2D eigenvalue weighted by Crippen LogP contribution is -2.54. The summed E-state index contributed by atoms with van der Waals surface area (Å²) < 4.78 is 10.3. The highest BCUT2D eigenvalue weighted by Crippen LogP contribution is 2.38. The van der Waals surface area contributed by atoms with E-state index < -0.39 is 29.1 Å². The topological polar surface area (TPSA) is 52.6 Å². The Morgan fingerprint density at radius 2 is 1.50 bits per heavy atom. The first-order valence-electron chi connectivity index (χ1n) is 4.63. The maximum Gasteiger partial charge on any atom is 0.323 e. The number of hydrogen-bond acceptors (Lipinski definition) is 4. The van der Waals surface area contributed by atoms with Gasteiger partial charge < -0.3 is 9.47 Å². The molecule has 0 aromatic heterocycles. The predicted molar refractivity (Wildman–Crippen MR) is 49.2 cm³/mol. The lowest BCUT2D eigenvalue weighted by Gasteiger charge is -2.43. The van der Waals surface area contributed by atoms with Crippen LogP contribution in [0.3, 0.4) is 0 Å². The average Bonchev–Trinajstić information content (AvgIpc) is 1.98. The first kappa shape index (κ1) is 11.0. The van der Waals surface area contributed by atoms with Crippen molar-refractivity contribution in [2.24, 2.45) is 11.3 Å². The summed E-state index contributed by atoms with van der Waals surface area (Å²) in [6.07, 6.45) is 0. The van der Waals surface area contributed by atoms with E-state index >= 15 is 0 Å². The van der Waals surface area contributed by atoms with Gasteiger partial charge in [-0.25, -0.2) is 0 Å². The molecule has 0 aromatic rings. The second-order valence-corrected chi connectivity index (χ2v) is 4.76. The van der Waals surface area contributed by atoms with Gasteiger partial charge in [0, 0.05) is 12.3 Å². The van der Waals surface area contributed by atoms with Gasteiger partial charge in [-0.3, -0.25) is 9.59 Å². The van der Waals surface area contributed by atoms with Crippen LogP contribution in [-0.2, 0) is 19.1 Å². The lowest BCUT2D eigenvalue weighted by atomic mass is 9.85. The number of carbonyl (C=O) groups excluding carboxylic acids is 2. The largest absolute Gasteiger partial charge is 0.422 e. The summed E-state index contributed by atoms with van der Waals surface area (Å²) >= 11 is 0. The van der Waals surface area contributed by atoms with Gasteiger partial charge in [0.05, 0.1) is 0 Å². The van der Waals surface area contributed by atoms with Crippen LogP contribution < -0.4 is 0 Å². The van der Waals surface area contributed by atoms with Gasteiger partial charge in [0.2, 0.25) is 0 Å². The van der Waals surface area contributed by atoms with Crippen molar-refractivity contribution in [3.8, 4) is 0 Å². The molecule has 0 unspecified atom stereocenters. The molecule has 1 aliphatic rings. The Kier molecular flexibility index (Phi) is 2.34. The molecule has 0 aliphatic carbocycles. The van der Waals surface area contributed by atoms with Crippen LogP contribution in [0, 0.1) is 11.3 Å². The molecule has 4 heteroatoms. The Morgan fingerprint density at radius 1 is 1.14 bits per heavy atom. The van der Waals surface area contributed by atoms with E-state index in [9.17, 15) is 9.59 Å². The summed E-state index contributed by atoms with van der Waals surface area (Å²) in [6.45, 7) is 8.64. The Labute approximate surface area is 83.6 Å². The van der Waals surface area contributed by atoms with Crippen LogP contribution in [0.5, 0.6) is 0 Å². The van der Waals surface area contributed by atoms with Gasteiger partial charge in [-0.1, -0.05) is 20.8 Å². The highest BCUT2D eigenvalue weighted by atomic mass is 16.7. The molecule has 0 saturated carbocycles. The van der Waals surface area contributed by atoms with Gasteiger partial charge in [0.1, 0.15) is 0 Å². The summed E-state index contributed by atoms with van der Waals surface area (Å²) in [4.78, 5) is 22.7. The number of esters is 2. The van der Waals surface area contributed by atoms with Crippen LogP contribution >= 0.6 is 0 Å². The van der Waals surface area contributed by atoms with Crippen molar-refractivity contribution in [2.75, 3.05) is 0 Å². The molecule has 1 aliphatic heterocycles. The van der Waals surface area contributed by atoms with Crippen molar-refractivity contribution < 1.29 is 19.1 Å². The summed E-state index contributed by atoms with van der Waals surface area (Å²) in [7, 11) is 0. The minimum atomic E-state index is -1.16. The number of cyclic esters (lactones) is 2. The third-order valence-electron chi connectivity index (χ3n) is 2.66. The fraction of sp³-hybridized carbons (Fsp3) is 0.800. The molecule has 1 saturated heterocycles. The molecule has 4 nitrogen and oxygen atoms in total. The van der Waals surface area contributed by atoms with Gasteiger partial charge in [-0.15, -0.1) is 0 Å². The molecule has 0 N–H and O–H groups in total. The normalized spacial score (nSPS) is 33.6. The molecule has 0 spiro atoms. The molecule has 14 heavy (non-hydrogen) atoms. The van der Waals surface area contributed by atoms with Crippen molar-refractivity contribution >= 4 is 11.9 Å². The first-order valence-corrected chi connectivity index (χ1v) is 4.63. The van der Waals surface area contributed by atoms with Crippen molar-refractivity contribution in [3.63, 3.8) is 0 Å². The van der Waals surface area contributed by atoms with E-state index in [1.807, 2.05) is 20.8 Å². The molecule has 0 atom stereocenters. The molecular weight excluding hydrogens is 184 g/mol. The van der Waals surface area contributed by atoms with Crippen molar-refractivity contribution in [1.29, 1.82) is 0 Å². The minimum Gasteiger partial charge on any atom is -0.422 e. The van der Waals surface area contributed by atoms with Crippen LogP contribution in [0.15, 0.2) is 0 Å². The monoisotopic (exact) mass is 200 g/mol. The van der Waals surface area contributed by atoms with Gasteiger partial charge in [-0.05, 0) is 6.92 Å². The lowest BCUT2D eigenvalue weighted by molar-refractivity contribution is -0.275. The van der Waals surface area contributed by atoms with E-state index in [2.05, 4.69) is 0 Å². The molecule has 0 radical (unpaired) electrons. The number of ether oxygens (including phenoxy) is 2. The van der Waals surface area contributed by atoms with E-state index in [0.717, 1.165) is 0 Å². The van der Waals surface area contributed by atoms with Crippen LogP contribution in [-0.4, -0.2) is 17.7 Å². The molecule has 0 bridgehead atoms. The second kappa shape index (κ2) is 2.97. The van der Waals surface area contributed by atoms with Gasteiger partial charge in [-0.2, -0.15) is 0 Å². The van der Waals surface area contributed by atoms with E-state index in [-0.39, 0.29) is 0 Å². The zero-order valence-electron chi connectivity index (χ0n) is 9.21. The number of carbonyl (C=O) groups is 2. The Hall–Kier alpha value is -1.06. The smallest absolute Gasteiger partial charge is 0.323 e. The summed E-state index contributed by atoms with van der Waals surface area (Å²) in [5, 5.41) is 0. The van der Waals surface area contributed by atoms with Crippen LogP contribution in [0.4, 0.5) is 0 Å². The summed E-state index contributed by atoms with van der Waals surface area (Å²) in [5.41, 5.74) is -0.432. The first-order chi connectivity index (χ1) is 6.17. The maximum absolute atomic E-state index is 11.3. The van der Waals surface area contributed by atoms with Crippen LogP contribution in [0.2, 0.25) is 0 Å². The van der Waals surface area contributed by atoms with Crippen LogP contribution in [0.25, 0.3) is 0 Å². The van der Waals surface area contributed by atoms with E-state index in [0.29, 0.717) is 0 Å². The molecular formula is C10H16O4. The van der Waals surface area contributed by atoms with Crippen molar-refractivity contribution in [2.45, 2.75) is 40.4 Å². The minimum absolute atomic E-state index is 0.432. The molecule has 1 heterocycles.